The van der Waals surface area contributed by atoms with Crippen LogP contribution in [0.3, 0.4) is 0 Å². The minimum Gasteiger partial charge on any atom is -0.384 e. The number of rotatable bonds is 9. The lowest BCUT2D eigenvalue weighted by Gasteiger charge is -2.13. The molecule has 0 aliphatic carbocycles. The molecule has 1 heterocycles. The predicted molar refractivity (Wildman–Crippen MR) is 112 cm³/mol. The van der Waals surface area contributed by atoms with Gasteiger partial charge >= 0.3 is 0 Å². The van der Waals surface area contributed by atoms with Gasteiger partial charge in [0.25, 0.3) is 5.56 Å². The maximum Gasteiger partial charge on any atom is 0.277 e. The van der Waals surface area contributed by atoms with Crippen molar-refractivity contribution in [2.45, 2.75) is 32.7 Å². The molecule has 0 saturated carbocycles. The van der Waals surface area contributed by atoms with Gasteiger partial charge in [0, 0.05) is 18.7 Å². The van der Waals surface area contributed by atoms with E-state index in [9.17, 15) is 13.2 Å². The minimum absolute atomic E-state index is 0. The third-order valence-corrected chi connectivity index (χ3v) is 5.05. The second-order valence-electron chi connectivity index (χ2n) is 6.05. The highest BCUT2D eigenvalue weighted by molar-refractivity contribution is 7.88. The van der Waals surface area contributed by atoms with Gasteiger partial charge < -0.3 is 11.1 Å². The van der Waals surface area contributed by atoms with Gasteiger partial charge in [0.05, 0.1) is 6.20 Å². The molecule has 0 radical (unpaired) electrons. The van der Waals surface area contributed by atoms with Gasteiger partial charge in [-0.2, -0.15) is 0 Å². The number of aromatic nitrogens is 2. The van der Waals surface area contributed by atoms with Crippen molar-refractivity contribution >= 4 is 34.0 Å². The van der Waals surface area contributed by atoms with Crippen molar-refractivity contribution in [3.8, 4) is 0 Å². The third-order valence-electron chi connectivity index (χ3n) is 3.87. The van der Waals surface area contributed by atoms with Crippen LogP contribution in [0.4, 0.5) is 5.69 Å². The molecule has 0 unspecified atom stereocenters. The van der Waals surface area contributed by atoms with Crippen LogP contribution in [0.2, 0.25) is 0 Å². The van der Waals surface area contributed by atoms with Gasteiger partial charge in [-0.05, 0) is 18.9 Å². The van der Waals surface area contributed by atoms with Crippen molar-refractivity contribution in [2.75, 3.05) is 11.9 Å². The summed E-state index contributed by atoms with van der Waals surface area (Å²) >= 11 is 0. The molecule has 0 aliphatic heterocycles. The summed E-state index contributed by atoms with van der Waals surface area (Å²) in [7, 11) is -3.76. The predicted octanol–water partition coefficient (Wildman–Crippen LogP) is 1.16. The summed E-state index contributed by atoms with van der Waals surface area (Å²) in [5, 5.41) is 10.3. The van der Waals surface area contributed by atoms with Crippen LogP contribution in [0.1, 0.15) is 30.3 Å². The third kappa shape index (κ3) is 6.32. The Hall–Kier alpha value is -2.43. The van der Waals surface area contributed by atoms with Crippen molar-refractivity contribution in [1.82, 2.24) is 14.3 Å². The molecule has 0 bridgehead atoms. The first-order chi connectivity index (χ1) is 12.7. The average Bonchev–Trinajstić information content (AvgIpc) is 2.63. The van der Waals surface area contributed by atoms with E-state index in [1.165, 1.54) is 6.20 Å². The van der Waals surface area contributed by atoms with Gasteiger partial charge in [-0.25, -0.2) is 18.1 Å². The topological polar surface area (TPSA) is 143 Å². The van der Waals surface area contributed by atoms with E-state index in [2.05, 4.69) is 15.0 Å². The van der Waals surface area contributed by atoms with Crippen LogP contribution >= 0.6 is 12.4 Å². The van der Waals surface area contributed by atoms with E-state index in [-0.39, 0.29) is 30.5 Å². The second kappa shape index (κ2) is 10.2. The first kappa shape index (κ1) is 23.6. The molecule has 9 nitrogen and oxygen atoms in total. The Morgan fingerprint density at radius 2 is 1.93 bits per heavy atom. The minimum atomic E-state index is -3.76. The highest BCUT2D eigenvalue weighted by Crippen LogP contribution is 2.06. The summed E-state index contributed by atoms with van der Waals surface area (Å²) in [4.78, 5) is 16.6. The highest BCUT2D eigenvalue weighted by atomic mass is 35.5. The fourth-order valence-electron chi connectivity index (χ4n) is 2.32. The van der Waals surface area contributed by atoms with Crippen molar-refractivity contribution in [3.05, 3.63) is 57.8 Å². The van der Waals surface area contributed by atoms with E-state index in [0.29, 0.717) is 23.5 Å². The number of benzene rings is 1. The molecular weight excluding hydrogens is 404 g/mol. The van der Waals surface area contributed by atoms with E-state index >= 15 is 0 Å². The number of hydrogen-bond acceptors (Lipinski definition) is 6. The van der Waals surface area contributed by atoms with Gasteiger partial charge in [0.2, 0.25) is 10.0 Å². The van der Waals surface area contributed by atoms with Crippen LogP contribution in [-0.2, 0) is 22.4 Å². The van der Waals surface area contributed by atoms with Crippen LogP contribution in [0.15, 0.2) is 35.3 Å². The van der Waals surface area contributed by atoms with Crippen molar-refractivity contribution in [3.63, 3.8) is 0 Å². The molecule has 0 spiro atoms. The molecule has 1 aromatic carbocycles. The SMILES string of the molecule is CCCNc1cnc(C)n(CS(=O)(=O)NCc2ccc(C(=N)N)cc2)c1=O.Cl. The van der Waals surface area contributed by atoms with E-state index in [1.807, 2.05) is 6.92 Å². The molecule has 1 aromatic heterocycles. The van der Waals surface area contributed by atoms with Crippen molar-refractivity contribution < 1.29 is 8.42 Å². The summed E-state index contributed by atoms with van der Waals surface area (Å²) in [6, 6.07) is 6.67. The van der Waals surface area contributed by atoms with Gasteiger partial charge in [-0.1, -0.05) is 31.2 Å². The quantitative estimate of drug-likeness (QED) is 0.348. The number of anilines is 1. The summed E-state index contributed by atoms with van der Waals surface area (Å²) in [5.74, 6) is -0.253. The van der Waals surface area contributed by atoms with Crippen LogP contribution < -0.4 is 21.3 Å². The summed E-state index contributed by atoms with van der Waals surface area (Å²) < 4.78 is 28.4. The molecule has 0 fully saturated rings. The Morgan fingerprint density at radius 3 is 2.50 bits per heavy atom. The summed E-state index contributed by atoms with van der Waals surface area (Å²) in [6.45, 7) is 4.21. The van der Waals surface area contributed by atoms with Gasteiger partial charge in [-0.15, -0.1) is 12.4 Å². The first-order valence-corrected chi connectivity index (χ1v) is 10.1. The summed E-state index contributed by atoms with van der Waals surface area (Å²) in [5.41, 5.74) is 6.52. The standard InChI is InChI=1S/C17H24N6O3S.ClH/c1-3-8-20-15-10-21-12(2)23(17(15)24)11-27(25,26)22-9-13-4-6-14(7-5-13)16(18)19;/h4-7,10,20,22H,3,8-9,11H2,1-2H3,(H3,18,19);1H. The summed E-state index contributed by atoms with van der Waals surface area (Å²) in [6.07, 6.45) is 2.25. The van der Waals surface area contributed by atoms with Crippen LogP contribution in [0, 0.1) is 12.3 Å². The molecule has 2 rings (SSSR count). The Labute approximate surface area is 170 Å². The van der Waals surface area contributed by atoms with Crippen LogP contribution in [-0.4, -0.2) is 30.3 Å². The Balaban J connectivity index is 0.00000392. The normalized spacial score (nSPS) is 10.9. The number of aryl methyl sites for hydroxylation is 1. The number of nitrogens with one attached hydrogen (secondary N) is 3. The lowest BCUT2D eigenvalue weighted by molar-refractivity contribution is 0.563. The molecule has 28 heavy (non-hydrogen) atoms. The zero-order chi connectivity index (χ0) is 20.0. The van der Waals surface area contributed by atoms with Gasteiger partial charge in [0.1, 0.15) is 23.2 Å². The molecule has 11 heteroatoms. The van der Waals surface area contributed by atoms with Crippen molar-refractivity contribution in [2.24, 2.45) is 5.73 Å². The second-order valence-corrected chi connectivity index (χ2v) is 7.83. The van der Waals surface area contributed by atoms with Crippen LogP contribution in [0.5, 0.6) is 0 Å². The first-order valence-electron chi connectivity index (χ1n) is 8.44. The average molecular weight is 429 g/mol. The largest absolute Gasteiger partial charge is 0.384 e. The zero-order valence-corrected chi connectivity index (χ0v) is 17.4. The number of halogens is 1. The molecule has 0 atom stereocenters. The molecule has 154 valence electrons. The molecule has 0 saturated heterocycles. The maximum atomic E-state index is 12.5. The smallest absolute Gasteiger partial charge is 0.277 e. The monoisotopic (exact) mass is 428 g/mol. The van der Waals surface area contributed by atoms with E-state index in [4.69, 9.17) is 11.1 Å². The highest BCUT2D eigenvalue weighted by Gasteiger charge is 2.16. The Morgan fingerprint density at radius 1 is 1.29 bits per heavy atom. The zero-order valence-electron chi connectivity index (χ0n) is 15.7. The molecule has 2 aromatic rings. The molecule has 5 N–H and O–H groups in total. The number of nitrogens with zero attached hydrogens (tertiary/aromatic N) is 2. The van der Waals surface area contributed by atoms with E-state index in [1.54, 1.807) is 31.2 Å². The Kier molecular flexibility index (Phi) is 8.61. The van der Waals surface area contributed by atoms with E-state index < -0.39 is 21.5 Å². The number of nitrogens with two attached hydrogens (primary N) is 1. The fraction of sp³-hybridized carbons (Fsp3) is 0.353. The van der Waals surface area contributed by atoms with Crippen LogP contribution in [0.25, 0.3) is 0 Å². The lowest BCUT2D eigenvalue weighted by Crippen LogP contribution is -2.34. The van der Waals surface area contributed by atoms with E-state index in [0.717, 1.165) is 11.0 Å². The number of amidine groups is 1. The Bertz CT molecular complexity index is 973. The van der Waals surface area contributed by atoms with Gasteiger partial charge in [-0.3, -0.25) is 14.8 Å². The molecule has 0 amide bonds. The maximum absolute atomic E-state index is 12.5. The lowest BCUT2D eigenvalue weighted by atomic mass is 10.1. The molecular formula is C17H25ClN6O3S. The van der Waals surface area contributed by atoms with Crippen molar-refractivity contribution in [1.29, 1.82) is 5.41 Å². The number of sulfonamides is 1. The fourth-order valence-corrected chi connectivity index (χ4v) is 3.44. The number of nitrogen functional groups attached to an aromatic ring is 1. The van der Waals surface area contributed by atoms with Gasteiger partial charge in [0.15, 0.2) is 0 Å². The number of hydrogen-bond donors (Lipinski definition) is 4. The molecule has 0 aliphatic rings.